The number of hydrogen-bond donors (Lipinski definition) is 1. The van der Waals surface area contributed by atoms with Crippen LogP contribution in [0.15, 0.2) is 65.1 Å². The average molecular weight is 372 g/mol. The first-order valence-corrected chi connectivity index (χ1v) is 8.87. The summed E-state index contributed by atoms with van der Waals surface area (Å²) >= 11 is 1.45. The molecule has 4 rings (SSSR count). The summed E-state index contributed by atoms with van der Waals surface area (Å²) in [4.78, 5) is 15.6. The number of hydrogen-bond acceptors (Lipinski definition) is 5. The SMILES string of the molecule is N#C/C(=C\c1ccc(-c2cccc(C(=O)O)c2)o1)c1nc2ccccc2s1. The van der Waals surface area contributed by atoms with Crippen molar-refractivity contribution < 1.29 is 14.3 Å². The average Bonchev–Trinajstić information content (AvgIpc) is 3.33. The number of aromatic nitrogens is 1. The van der Waals surface area contributed by atoms with Gasteiger partial charge in [0.05, 0.1) is 21.4 Å². The van der Waals surface area contributed by atoms with Crippen LogP contribution in [0.2, 0.25) is 0 Å². The highest BCUT2D eigenvalue weighted by Crippen LogP contribution is 2.29. The van der Waals surface area contributed by atoms with E-state index in [1.165, 1.54) is 17.4 Å². The molecule has 0 aliphatic heterocycles. The maximum Gasteiger partial charge on any atom is 0.335 e. The highest BCUT2D eigenvalue weighted by atomic mass is 32.1. The number of carboxylic acid groups (broad SMARTS) is 1. The van der Waals surface area contributed by atoms with Gasteiger partial charge in [0.2, 0.25) is 0 Å². The number of carboxylic acids is 1. The van der Waals surface area contributed by atoms with E-state index in [2.05, 4.69) is 11.1 Å². The molecule has 1 N–H and O–H groups in total. The number of carbonyl (C=O) groups is 1. The number of thiazole rings is 1. The topological polar surface area (TPSA) is 87.1 Å². The van der Waals surface area contributed by atoms with Gasteiger partial charge in [0.25, 0.3) is 0 Å². The summed E-state index contributed by atoms with van der Waals surface area (Å²) in [6.07, 6.45) is 1.64. The molecule has 0 saturated heterocycles. The Bertz CT molecular complexity index is 1190. The number of furan rings is 1. The fourth-order valence-corrected chi connectivity index (χ4v) is 3.59. The van der Waals surface area contributed by atoms with Crippen molar-refractivity contribution in [1.29, 1.82) is 5.26 Å². The second-order valence-corrected chi connectivity index (χ2v) is 6.78. The van der Waals surface area contributed by atoms with E-state index in [1.807, 2.05) is 24.3 Å². The van der Waals surface area contributed by atoms with Crippen molar-refractivity contribution in [3.05, 3.63) is 77.0 Å². The molecule has 0 unspecified atom stereocenters. The van der Waals surface area contributed by atoms with E-state index >= 15 is 0 Å². The largest absolute Gasteiger partial charge is 0.478 e. The minimum absolute atomic E-state index is 0.188. The van der Waals surface area contributed by atoms with Crippen LogP contribution < -0.4 is 0 Å². The molecular weight excluding hydrogens is 360 g/mol. The summed E-state index contributed by atoms with van der Waals surface area (Å²) in [6, 6.07) is 19.9. The van der Waals surface area contributed by atoms with Crippen LogP contribution >= 0.6 is 11.3 Å². The molecule has 0 saturated carbocycles. The second kappa shape index (κ2) is 6.90. The van der Waals surface area contributed by atoms with Gasteiger partial charge in [0.15, 0.2) is 0 Å². The van der Waals surface area contributed by atoms with Crippen LogP contribution in [0.5, 0.6) is 0 Å². The smallest absolute Gasteiger partial charge is 0.335 e. The molecule has 2 aromatic heterocycles. The van der Waals surface area contributed by atoms with Crippen LogP contribution in [-0.4, -0.2) is 16.1 Å². The second-order valence-electron chi connectivity index (χ2n) is 5.74. The standard InChI is InChI=1S/C21H12N2O3S/c22-12-15(20-23-17-6-1-2-7-19(17)27-20)11-16-8-9-18(26-16)13-4-3-5-14(10-13)21(24)25/h1-11H,(H,24,25)/b15-11+. The van der Waals surface area contributed by atoms with E-state index in [-0.39, 0.29) is 5.56 Å². The fraction of sp³-hybridized carbons (Fsp3) is 0. The third kappa shape index (κ3) is 3.36. The van der Waals surface area contributed by atoms with Gasteiger partial charge in [-0.3, -0.25) is 0 Å². The molecule has 0 radical (unpaired) electrons. The van der Waals surface area contributed by atoms with Gasteiger partial charge in [0, 0.05) is 11.6 Å². The normalized spacial score (nSPS) is 11.4. The Labute approximate surface area is 158 Å². The van der Waals surface area contributed by atoms with Gasteiger partial charge < -0.3 is 9.52 Å². The molecule has 0 bridgehead atoms. The van der Waals surface area contributed by atoms with Crippen LogP contribution in [-0.2, 0) is 0 Å². The summed E-state index contributed by atoms with van der Waals surface area (Å²) in [5.74, 6) is 0.0404. The van der Waals surface area contributed by atoms with Crippen LogP contribution in [0.3, 0.4) is 0 Å². The van der Waals surface area contributed by atoms with E-state index in [0.29, 0.717) is 27.7 Å². The molecule has 6 heteroatoms. The molecule has 2 heterocycles. The van der Waals surface area contributed by atoms with Crippen molar-refractivity contribution in [1.82, 2.24) is 4.98 Å². The van der Waals surface area contributed by atoms with Crippen molar-refractivity contribution in [3.8, 4) is 17.4 Å². The predicted octanol–water partition coefficient (Wildman–Crippen LogP) is 5.32. The van der Waals surface area contributed by atoms with E-state index in [0.717, 1.165) is 10.2 Å². The molecule has 5 nitrogen and oxygen atoms in total. The highest BCUT2D eigenvalue weighted by Gasteiger charge is 2.11. The zero-order valence-corrected chi connectivity index (χ0v) is 14.7. The molecule has 0 aliphatic rings. The van der Waals surface area contributed by atoms with Crippen molar-refractivity contribution in [3.63, 3.8) is 0 Å². The fourth-order valence-electron chi connectivity index (χ4n) is 2.66. The number of para-hydroxylation sites is 1. The summed E-state index contributed by atoms with van der Waals surface area (Å²) in [6.45, 7) is 0. The van der Waals surface area contributed by atoms with Gasteiger partial charge >= 0.3 is 5.97 Å². The number of nitriles is 1. The zero-order valence-electron chi connectivity index (χ0n) is 13.9. The van der Waals surface area contributed by atoms with Crippen LogP contribution in [0.25, 0.3) is 33.2 Å². The molecule has 27 heavy (non-hydrogen) atoms. The molecular formula is C21H12N2O3S. The predicted molar refractivity (Wildman–Crippen MR) is 104 cm³/mol. The number of allylic oxidation sites excluding steroid dienone is 1. The van der Waals surface area contributed by atoms with Gasteiger partial charge in [-0.05, 0) is 36.4 Å². The van der Waals surface area contributed by atoms with Crippen molar-refractivity contribution in [2.24, 2.45) is 0 Å². The number of fused-ring (bicyclic) bond motifs is 1. The summed E-state index contributed by atoms with van der Waals surface area (Å²) in [7, 11) is 0. The number of nitrogens with zero attached hydrogens (tertiary/aromatic N) is 2. The monoisotopic (exact) mass is 372 g/mol. The third-order valence-corrected chi connectivity index (χ3v) is 5.02. The Hall–Kier alpha value is -3.69. The maximum atomic E-state index is 11.1. The lowest BCUT2D eigenvalue weighted by atomic mass is 10.1. The van der Waals surface area contributed by atoms with Gasteiger partial charge in [-0.15, -0.1) is 11.3 Å². The van der Waals surface area contributed by atoms with E-state index in [1.54, 1.807) is 36.4 Å². The molecule has 4 aromatic rings. The molecule has 0 fully saturated rings. The van der Waals surface area contributed by atoms with Crippen molar-refractivity contribution >= 4 is 39.2 Å². The Balaban J connectivity index is 1.68. The van der Waals surface area contributed by atoms with Crippen LogP contribution in [0.4, 0.5) is 0 Å². The number of aromatic carboxylic acids is 1. The number of benzene rings is 2. The lowest BCUT2D eigenvalue weighted by Gasteiger charge is -1.99. The minimum atomic E-state index is -0.994. The van der Waals surface area contributed by atoms with Crippen molar-refractivity contribution in [2.45, 2.75) is 0 Å². The summed E-state index contributed by atoms with van der Waals surface area (Å²) in [5, 5.41) is 19.3. The van der Waals surface area contributed by atoms with Gasteiger partial charge in [-0.2, -0.15) is 5.26 Å². The Kier molecular flexibility index (Phi) is 4.29. The number of rotatable bonds is 4. The van der Waals surface area contributed by atoms with Crippen LogP contribution in [0.1, 0.15) is 21.1 Å². The first kappa shape index (κ1) is 16.8. The Morgan fingerprint density at radius 1 is 1.15 bits per heavy atom. The van der Waals surface area contributed by atoms with Gasteiger partial charge in [-0.25, -0.2) is 9.78 Å². The highest BCUT2D eigenvalue weighted by molar-refractivity contribution is 7.19. The first-order valence-electron chi connectivity index (χ1n) is 8.05. The quantitative estimate of drug-likeness (QED) is 0.490. The molecule has 0 spiro atoms. The summed E-state index contributed by atoms with van der Waals surface area (Å²) in [5.41, 5.74) is 2.11. The molecule has 0 amide bonds. The maximum absolute atomic E-state index is 11.1. The summed E-state index contributed by atoms with van der Waals surface area (Å²) < 4.78 is 6.80. The molecule has 2 aromatic carbocycles. The Morgan fingerprint density at radius 2 is 2.00 bits per heavy atom. The Morgan fingerprint density at radius 3 is 2.78 bits per heavy atom. The lowest BCUT2D eigenvalue weighted by molar-refractivity contribution is 0.0697. The van der Waals surface area contributed by atoms with Crippen molar-refractivity contribution in [2.75, 3.05) is 0 Å². The van der Waals surface area contributed by atoms with E-state index in [4.69, 9.17) is 9.52 Å². The minimum Gasteiger partial charge on any atom is -0.478 e. The van der Waals surface area contributed by atoms with Crippen LogP contribution in [0, 0.1) is 11.3 Å². The zero-order chi connectivity index (χ0) is 18.8. The van der Waals surface area contributed by atoms with Gasteiger partial charge in [0.1, 0.15) is 22.6 Å². The first-order chi connectivity index (χ1) is 13.1. The molecule has 130 valence electrons. The van der Waals surface area contributed by atoms with E-state index in [9.17, 15) is 10.1 Å². The molecule has 0 aliphatic carbocycles. The molecule has 0 atom stereocenters. The van der Waals surface area contributed by atoms with Gasteiger partial charge in [-0.1, -0.05) is 24.3 Å². The lowest BCUT2D eigenvalue weighted by Crippen LogP contribution is -1.95. The van der Waals surface area contributed by atoms with E-state index < -0.39 is 5.97 Å². The third-order valence-electron chi connectivity index (χ3n) is 3.95.